The van der Waals surface area contributed by atoms with Crippen molar-refractivity contribution in [3.05, 3.63) is 51.9 Å². The van der Waals surface area contributed by atoms with Crippen molar-refractivity contribution >= 4 is 23.5 Å². The van der Waals surface area contributed by atoms with E-state index in [0.29, 0.717) is 11.8 Å². The molecular weight excluding hydrogens is 340 g/mol. The topological polar surface area (TPSA) is 55.0 Å². The van der Waals surface area contributed by atoms with Gasteiger partial charge in [-0.15, -0.1) is 0 Å². The van der Waals surface area contributed by atoms with Gasteiger partial charge in [0, 0.05) is 17.6 Å². The molecule has 130 valence electrons. The minimum Gasteiger partial charge on any atom is -0.494 e. The zero-order valence-corrected chi connectivity index (χ0v) is 15.8. The van der Waals surface area contributed by atoms with Crippen molar-refractivity contribution in [2.45, 2.75) is 37.6 Å². The van der Waals surface area contributed by atoms with Gasteiger partial charge in [0.15, 0.2) is 5.16 Å². The van der Waals surface area contributed by atoms with Gasteiger partial charge >= 0.3 is 0 Å². The Morgan fingerprint density at radius 1 is 1.21 bits per heavy atom. The van der Waals surface area contributed by atoms with Crippen molar-refractivity contribution in [2.24, 2.45) is 0 Å². The number of aromatic amines is 1. The van der Waals surface area contributed by atoms with Gasteiger partial charge in [-0.2, -0.15) is 11.8 Å². The van der Waals surface area contributed by atoms with Crippen molar-refractivity contribution in [3.63, 3.8) is 0 Å². The fraction of sp³-hybridized carbons (Fsp3) is 0.444. The highest BCUT2D eigenvalue weighted by Crippen LogP contribution is 2.16. The smallest absolute Gasteiger partial charge is 0.251 e. The van der Waals surface area contributed by atoms with E-state index in [9.17, 15) is 4.79 Å². The van der Waals surface area contributed by atoms with Gasteiger partial charge in [0.25, 0.3) is 5.56 Å². The maximum absolute atomic E-state index is 11.7. The third-order valence-corrected chi connectivity index (χ3v) is 5.16. The van der Waals surface area contributed by atoms with Crippen molar-refractivity contribution in [2.75, 3.05) is 18.1 Å². The van der Waals surface area contributed by atoms with Crippen molar-refractivity contribution < 1.29 is 4.74 Å². The maximum atomic E-state index is 11.7. The van der Waals surface area contributed by atoms with Crippen LogP contribution >= 0.6 is 23.5 Å². The van der Waals surface area contributed by atoms with Crippen molar-refractivity contribution in [3.8, 4) is 5.75 Å². The minimum absolute atomic E-state index is 0.0677. The van der Waals surface area contributed by atoms with E-state index in [4.69, 9.17) is 4.74 Å². The molecule has 2 aromatic rings. The van der Waals surface area contributed by atoms with Crippen molar-refractivity contribution in [1.82, 2.24) is 9.97 Å². The molecule has 1 aromatic heterocycles. The first kappa shape index (κ1) is 18.9. The molecule has 0 unspecified atom stereocenters. The highest BCUT2D eigenvalue weighted by Gasteiger charge is 2.02. The van der Waals surface area contributed by atoms with E-state index < -0.39 is 0 Å². The molecule has 0 bridgehead atoms. The van der Waals surface area contributed by atoms with Crippen LogP contribution in [0, 0.1) is 6.92 Å². The van der Waals surface area contributed by atoms with Crippen LogP contribution in [0.2, 0.25) is 0 Å². The van der Waals surface area contributed by atoms with Gasteiger partial charge in [-0.3, -0.25) is 4.79 Å². The average molecular weight is 365 g/mol. The molecular formula is C18H24N2O2S2. The molecule has 0 radical (unpaired) electrons. The number of nitrogens with zero attached hydrogens (tertiary/aromatic N) is 1. The molecule has 4 nitrogen and oxygen atoms in total. The summed E-state index contributed by atoms with van der Waals surface area (Å²) in [5, 5.41) is 0.716. The number of aryl methyl sites for hydroxylation is 1. The molecule has 1 N–H and O–H groups in total. The predicted octanol–water partition coefficient (Wildman–Crippen LogP) is 4.28. The maximum Gasteiger partial charge on any atom is 0.251 e. The Hall–Kier alpha value is -1.40. The fourth-order valence-electron chi connectivity index (χ4n) is 2.03. The minimum atomic E-state index is -0.0677. The van der Waals surface area contributed by atoms with E-state index in [1.165, 1.54) is 5.56 Å². The molecule has 0 amide bonds. The van der Waals surface area contributed by atoms with E-state index in [1.54, 1.807) is 29.6 Å². The number of unbranched alkanes of at least 4 members (excludes halogenated alkanes) is 1. The lowest BCUT2D eigenvalue weighted by Crippen LogP contribution is -2.09. The Morgan fingerprint density at radius 3 is 2.75 bits per heavy atom. The first-order valence-electron chi connectivity index (χ1n) is 8.17. The summed E-state index contributed by atoms with van der Waals surface area (Å²) >= 11 is 3.37. The third kappa shape index (κ3) is 7.01. The molecule has 2 rings (SSSR count). The van der Waals surface area contributed by atoms with Crippen LogP contribution in [0.1, 0.15) is 31.0 Å². The molecule has 0 aliphatic rings. The molecule has 0 saturated carbocycles. The van der Waals surface area contributed by atoms with Crippen LogP contribution in [-0.2, 0) is 5.75 Å². The summed E-state index contributed by atoms with van der Waals surface area (Å²) in [5.41, 5.74) is 2.03. The molecule has 24 heavy (non-hydrogen) atoms. The van der Waals surface area contributed by atoms with E-state index in [2.05, 4.69) is 35.9 Å². The summed E-state index contributed by atoms with van der Waals surface area (Å²) in [7, 11) is 0. The number of hydrogen-bond acceptors (Lipinski definition) is 5. The van der Waals surface area contributed by atoms with Gasteiger partial charge in [0.1, 0.15) is 5.75 Å². The molecule has 0 atom stereocenters. The Labute approximate surface area is 151 Å². The SMILES string of the molecule is CCSCc1cc(=O)[nH]c(SCCCCOc2ccc(C)cc2)n1. The summed E-state index contributed by atoms with van der Waals surface area (Å²) in [5.74, 6) is 3.65. The second kappa shape index (κ2) is 10.5. The van der Waals surface area contributed by atoms with E-state index in [0.717, 1.165) is 41.5 Å². The summed E-state index contributed by atoms with van der Waals surface area (Å²) in [6, 6.07) is 9.69. The highest BCUT2D eigenvalue weighted by molar-refractivity contribution is 7.99. The number of aromatic nitrogens is 2. The van der Waals surface area contributed by atoms with Gasteiger partial charge < -0.3 is 9.72 Å². The Kier molecular flexibility index (Phi) is 8.25. The van der Waals surface area contributed by atoms with Crippen LogP contribution in [0.25, 0.3) is 0 Å². The van der Waals surface area contributed by atoms with Crippen LogP contribution in [0.4, 0.5) is 0 Å². The lowest BCUT2D eigenvalue weighted by molar-refractivity contribution is 0.310. The van der Waals surface area contributed by atoms with Crippen LogP contribution in [-0.4, -0.2) is 28.1 Å². The molecule has 1 heterocycles. The number of ether oxygens (including phenoxy) is 1. The number of nitrogens with one attached hydrogen (secondary N) is 1. The summed E-state index contributed by atoms with van der Waals surface area (Å²) in [6.45, 7) is 4.88. The summed E-state index contributed by atoms with van der Waals surface area (Å²) < 4.78 is 5.71. The van der Waals surface area contributed by atoms with Gasteiger partial charge in [-0.05, 0) is 37.7 Å². The van der Waals surface area contributed by atoms with Crippen molar-refractivity contribution in [1.29, 1.82) is 0 Å². The largest absolute Gasteiger partial charge is 0.494 e. The van der Waals surface area contributed by atoms with Gasteiger partial charge in [-0.1, -0.05) is 36.4 Å². The number of rotatable bonds is 10. The summed E-state index contributed by atoms with van der Waals surface area (Å²) in [4.78, 5) is 19.0. The first-order valence-corrected chi connectivity index (χ1v) is 10.3. The number of hydrogen-bond donors (Lipinski definition) is 1. The van der Waals surface area contributed by atoms with Gasteiger partial charge in [-0.25, -0.2) is 4.98 Å². The Bertz CT molecular complexity index is 671. The normalized spacial score (nSPS) is 10.8. The number of benzene rings is 1. The highest BCUT2D eigenvalue weighted by atomic mass is 32.2. The number of H-pyrrole nitrogens is 1. The van der Waals surface area contributed by atoms with Crippen LogP contribution in [0.5, 0.6) is 5.75 Å². The Balaban J connectivity index is 1.67. The zero-order chi connectivity index (χ0) is 17.2. The average Bonchev–Trinajstić information content (AvgIpc) is 2.57. The van der Waals surface area contributed by atoms with Gasteiger partial charge in [0.05, 0.1) is 12.3 Å². The monoisotopic (exact) mass is 364 g/mol. The molecule has 0 aliphatic heterocycles. The molecule has 0 fully saturated rings. The second-order valence-electron chi connectivity index (χ2n) is 5.40. The molecule has 0 saturated heterocycles. The van der Waals surface area contributed by atoms with Crippen LogP contribution in [0.3, 0.4) is 0 Å². The fourth-order valence-corrected chi connectivity index (χ4v) is 3.49. The van der Waals surface area contributed by atoms with E-state index >= 15 is 0 Å². The molecule has 1 aromatic carbocycles. The molecule has 6 heteroatoms. The quantitative estimate of drug-likeness (QED) is 0.387. The van der Waals surface area contributed by atoms with Crippen LogP contribution < -0.4 is 10.3 Å². The lowest BCUT2D eigenvalue weighted by atomic mass is 10.2. The summed E-state index contributed by atoms with van der Waals surface area (Å²) in [6.07, 6.45) is 2.00. The predicted molar refractivity (Wildman–Crippen MR) is 103 cm³/mol. The Morgan fingerprint density at radius 2 is 2.00 bits per heavy atom. The molecule has 0 spiro atoms. The third-order valence-electron chi connectivity index (χ3n) is 3.29. The van der Waals surface area contributed by atoms with E-state index in [-0.39, 0.29) is 5.56 Å². The zero-order valence-electron chi connectivity index (χ0n) is 14.2. The standard InChI is InChI=1S/C18H24N2O2S2/c1-3-23-13-15-12-17(21)20-18(19-15)24-11-5-4-10-22-16-8-6-14(2)7-9-16/h6-9,12H,3-5,10-11,13H2,1-2H3,(H,19,20,21). The number of thioether (sulfide) groups is 2. The lowest BCUT2D eigenvalue weighted by Gasteiger charge is -2.06. The second-order valence-corrected chi connectivity index (χ2v) is 7.75. The van der Waals surface area contributed by atoms with Crippen LogP contribution in [0.15, 0.2) is 40.3 Å². The van der Waals surface area contributed by atoms with Gasteiger partial charge in [0.2, 0.25) is 0 Å². The van der Waals surface area contributed by atoms with E-state index in [1.807, 2.05) is 12.1 Å². The molecule has 0 aliphatic carbocycles. The first-order chi connectivity index (χ1) is 11.7.